The Labute approximate surface area is 129 Å². The van der Waals surface area contributed by atoms with E-state index in [1.54, 1.807) is 12.1 Å². The number of hydrogen-bond acceptors (Lipinski definition) is 5. The van der Waals surface area contributed by atoms with E-state index in [9.17, 15) is 4.39 Å². The molecule has 5 nitrogen and oxygen atoms in total. The van der Waals surface area contributed by atoms with Crippen LogP contribution in [-0.2, 0) is 0 Å². The third kappa shape index (κ3) is 2.53. The molecule has 0 amide bonds. The van der Waals surface area contributed by atoms with Crippen molar-refractivity contribution in [3.8, 4) is 0 Å². The molecule has 0 saturated carbocycles. The lowest BCUT2D eigenvalue weighted by atomic mass is 10.1. The number of aromatic nitrogens is 2. The van der Waals surface area contributed by atoms with Crippen LogP contribution in [0.3, 0.4) is 0 Å². The van der Waals surface area contributed by atoms with Gasteiger partial charge < -0.3 is 10.0 Å². The number of likely N-dealkylation sites (N-methyl/N-ethyl adjacent to an activating group) is 1. The molecule has 22 heavy (non-hydrogen) atoms. The van der Waals surface area contributed by atoms with E-state index >= 15 is 0 Å². The van der Waals surface area contributed by atoms with Crippen molar-refractivity contribution in [3.05, 3.63) is 30.3 Å². The molecule has 1 aliphatic heterocycles. The first-order valence-corrected chi connectivity index (χ1v) is 7.60. The molecule has 2 aromatic rings. The summed E-state index contributed by atoms with van der Waals surface area (Å²) in [5.41, 5.74) is 0.629. The predicted octanol–water partition coefficient (Wildman–Crippen LogP) is 1.66. The molecule has 1 aromatic carbocycles. The van der Waals surface area contributed by atoms with Crippen LogP contribution in [0.5, 0.6) is 0 Å². The summed E-state index contributed by atoms with van der Waals surface area (Å²) in [7, 11) is 2.01. The number of rotatable bonds is 4. The van der Waals surface area contributed by atoms with Crippen LogP contribution in [0.1, 0.15) is 13.3 Å². The molecule has 6 heteroatoms. The molecule has 0 radical (unpaired) electrons. The Kier molecular flexibility index (Phi) is 4.22. The molecule has 2 atom stereocenters. The van der Waals surface area contributed by atoms with E-state index in [0.29, 0.717) is 29.3 Å². The van der Waals surface area contributed by atoms with Gasteiger partial charge in [-0.05, 0) is 32.5 Å². The maximum Gasteiger partial charge on any atom is 0.143 e. The minimum atomic E-state index is -0.285. The number of nitrogens with zero attached hydrogens (tertiary/aromatic N) is 4. The second kappa shape index (κ2) is 6.14. The Morgan fingerprint density at radius 1 is 1.41 bits per heavy atom. The standard InChI is InChI=1S/C16H21FN4O/c1-11-14(20(2)8-9-22)6-7-21(11)16-15-12(17)4-3-5-13(15)18-10-19-16/h3-5,10-11,14,22H,6-9H2,1-2H3/t11-,14-/m1/s1. The number of fused-ring (bicyclic) bond motifs is 1. The van der Waals surface area contributed by atoms with Gasteiger partial charge in [0.2, 0.25) is 0 Å². The smallest absolute Gasteiger partial charge is 0.143 e. The maximum atomic E-state index is 14.3. The van der Waals surface area contributed by atoms with Crippen molar-refractivity contribution < 1.29 is 9.50 Å². The fraction of sp³-hybridized carbons (Fsp3) is 0.500. The van der Waals surface area contributed by atoms with Gasteiger partial charge in [0, 0.05) is 25.2 Å². The van der Waals surface area contributed by atoms with Crippen LogP contribution < -0.4 is 4.90 Å². The first-order valence-electron chi connectivity index (χ1n) is 7.60. The summed E-state index contributed by atoms with van der Waals surface area (Å²) in [6.45, 7) is 3.73. The quantitative estimate of drug-likeness (QED) is 0.931. The Balaban J connectivity index is 1.96. The highest BCUT2D eigenvalue weighted by atomic mass is 19.1. The second-order valence-electron chi connectivity index (χ2n) is 5.83. The van der Waals surface area contributed by atoms with Gasteiger partial charge in [0.1, 0.15) is 18.0 Å². The summed E-state index contributed by atoms with van der Waals surface area (Å²) in [4.78, 5) is 12.8. The highest BCUT2D eigenvalue weighted by Gasteiger charge is 2.35. The van der Waals surface area contributed by atoms with Crippen molar-refractivity contribution in [1.82, 2.24) is 14.9 Å². The fourth-order valence-corrected chi connectivity index (χ4v) is 3.40. The largest absolute Gasteiger partial charge is 0.395 e. The van der Waals surface area contributed by atoms with Crippen molar-refractivity contribution in [2.75, 3.05) is 31.6 Å². The monoisotopic (exact) mass is 304 g/mol. The average molecular weight is 304 g/mol. The fourth-order valence-electron chi connectivity index (χ4n) is 3.40. The number of anilines is 1. The first-order chi connectivity index (χ1) is 10.6. The van der Waals surface area contributed by atoms with Crippen LogP contribution in [0.25, 0.3) is 10.9 Å². The van der Waals surface area contributed by atoms with Crippen molar-refractivity contribution in [2.24, 2.45) is 0 Å². The predicted molar refractivity (Wildman–Crippen MR) is 84.4 cm³/mol. The zero-order valence-electron chi connectivity index (χ0n) is 12.9. The van der Waals surface area contributed by atoms with E-state index < -0.39 is 0 Å². The molecule has 1 aromatic heterocycles. The third-order valence-electron chi connectivity index (χ3n) is 4.60. The topological polar surface area (TPSA) is 52.5 Å². The van der Waals surface area contributed by atoms with Crippen LogP contribution in [0.4, 0.5) is 10.2 Å². The zero-order chi connectivity index (χ0) is 15.7. The van der Waals surface area contributed by atoms with E-state index in [1.165, 1.54) is 12.4 Å². The summed E-state index contributed by atoms with van der Waals surface area (Å²) in [5, 5.41) is 9.61. The van der Waals surface area contributed by atoms with Crippen LogP contribution >= 0.6 is 0 Å². The van der Waals surface area contributed by atoms with Gasteiger partial charge in [-0.15, -0.1) is 0 Å². The molecule has 2 heterocycles. The molecule has 0 spiro atoms. The molecule has 118 valence electrons. The van der Waals surface area contributed by atoms with E-state index in [-0.39, 0.29) is 18.5 Å². The zero-order valence-corrected chi connectivity index (χ0v) is 12.9. The summed E-state index contributed by atoms with van der Waals surface area (Å²) in [5.74, 6) is 0.378. The normalized spacial score (nSPS) is 22.0. The van der Waals surface area contributed by atoms with Gasteiger partial charge in [0.25, 0.3) is 0 Å². The minimum Gasteiger partial charge on any atom is -0.395 e. The summed E-state index contributed by atoms with van der Waals surface area (Å²) >= 11 is 0. The number of benzene rings is 1. The first kappa shape index (κ1) is 15.1. The van der Waals surface area contributed by atoms with Crippen LogP contribution in [0.2, 0.25) is 0 Å². The molecular weight excluding hydrogens is 283 g/mol. The Hall–Kier alpha value is -1.79. The molecule has 1 fully saturated rings. The molecule has 1 aliphatic rings. The van der Waals surface area contributed by atoms with Crippen molar-refractivity contribution >= 4 is 16.7 Å². The Morgan fingerprint density at radius 2 is 2.23 bits per heavy atom. The van der Waals surface area contributed by atoms with Gasteiger partial charge in [-0.1, -0.05) is 6.07 Å². The average Bonchev–Trinajstić information content (AvgIpc) is 2.89. The number of aliphatic hydroxyl groups is 1. The lowest BCUT2D eigenvalue weighted by Crippen LogP contribution is -2.43. The Morgan fingerprint density at radius 3 is 3.00 bits per heavy atom. The highest BCUT2D eigenvalue weighted by Crippen LogP contribution is 2.32. The van der Waals surface area contributed by atoms with Gasteiger partial charge in [-0.2, -0.15) is 0 Å². The van der Waals surface area contributed by atoms with Crippen LogP contribution in [-0.4, -0.2) is 58.8 Å². The van der Waals surface area contributed by atoms with Crippen molar-refractivity contribution in [1.29, 1.82) is 0 Å². The van der Waals surface area contributed by atoms with Gasteiger partial charge >= 0.3 is 0 Å². The number of aliphatic hydroxyl groups excluding tert-OH is 1. The van der Waals surface area contributed by atoms with Crippen LogP contribution in [0.15, 0.2) is 24.5 Å². The van der Waals surface area contributed by atoms with Gasteiger partial charge in [0.05, 0.1) is 17.5 Å². The van der Waals surface area contributed by atoms with E-state index in [1.807, 2.05) is 7.05 Å². The van der Waals surface area contributed by atoms with E-state index in [0.717, 1.165) is 13.0 Å². The number of hydrogen-bond donors (Lipinski definition) is 1. The van der Waals surface area contributed by atoms with Crippen LogP contribution in [0, 0.1) is 5.82 Å². The SMILES string of the molecule is C[C@@H]1[C@H](N(C)CCO)CCN1c1ncnc2cccc(F)c12. The molecular formula is C16H21FN4O. The van der Waals surface area contributed by atoms with Crippen molar-refractivity contribution in [2.45, 2.75) is 25.4 Å². The lowest BCUT2D eigenvalue weighted by Gasteiger charge is -2.31. The molecule has 1 saturated heterocycles. The summed E-state index contributed by atoms with van der Waals surface area (Å²) in [6, 6.07) is 5.45. The molecule has 0 aliphatic carbocycles. The molecule has 1 N–H and O–H groups in total. The third-order valence-corrected chi connectivity index (χ3v) is 4.60. The molecule has 3 rings (SSSR count). The minimum absolute atomic E-state index is 0.144. The molecule has 0 unspecified atom stereocenters. The lowest BCUT2D eigenvalue weighted by molar-refractivity contribution is 0.175. The molecule has 0 bridgehead atoms. The highest BCUT2D eigenvalue weighted by molar-refractivity contribution is 5.90. The second-order valence-corrected chi connectivity index (χ2v) is 5.83. The Bertz CT molecular complexity index is 660. The number of halogens is 1. The maximum absolute atomic E-state index is 14.3. The van der Waals surface area contributed by atoms with Crippen molar-refractivity contribution in [3.63, 3.8) is 0 Å². The van der Waals surface area contributed by atoms with Gasteiger partial charge in [-0.3, -0.25) is 4.90 Å². The summed E-state index contributed by atoms with van der Waals surface area (Å²) < 4.78 is 14.3. The van der Waals surface area contributed by atoms with Gasteiger partial charge in [0.15, 0.2) is 0 Å². The summed E-state index contributed by atoms with van der Waals surface area (Å²) in [6.07, 6.45) is 2.46. The van der Waals surface area contributed by atoms with E-state index in [4.69, 9.17) is 5.11 Å². The van der Waals surface area contributed by atoms with E-state index in [2.05, 4.69) is 26.7 Å². The van der Waals surface area contributed by atoms with Gasteiger partial charge in [-0.25, -0.2) is 14.4 Å².